The van der Waals surface area contributed by atoms with Crippen LogP contribution in [0.1, 0.15) is 23.7 Å². The quantitative estimate of drug-likeness (QED) is 0.792. The summed E-state index contributed by atoms with van der Waals surface area (Å²) in [6.45, 7) is 4.60. The molecule has 0 heterocycles. The summed E-state index contributed by atoms with van der Waals surface area (Å²) in [6, 6.07) is 5.14. The van der Waals surface area contributed by atoms with Crippen LogP contribution < -0.4 is 10.6 Å². The highest BCUT2D eigenvalue weighted by molar-refractivity contribution is 9.10. The lowest BCUT2D eigenvalue weighted by Gasteiger charge is -2.07. The van der Waals surface area contributed by atoms with E-state index in [4.69, 9.17) is 11.6 Å². The standard InChI is InChI=1S/C12H16BrClN2O/c1-2-15-6-3-7-16-12(17)10-5-4-9(14)8-11(10)13/h4-5,8,15H,2-3,6-7H2,1H3,(H,16,17). The Bertz CT molecular complexity index is 385. The predicted octanol–water partition coefficient (Wildman–Crippen LogP) is 2.83. The van der Waals surface area contributed by atoms with Crippen molar-refractivity contribution in [1.29, 1.82) is 0 Å². The van der Waals surface area contributed by atoms with Crippen LogP contribution in [-0.2, 0) is 0 Å². The highest BCUT2D eigenvalue weighted by atomic mass is 79.9. The number of carbonyl (C=O) groups excluding carboxylic acids is 1. The highest BCUT2D eigenvalue weighted by Crippen LogP contribution is 2.21. The summed E-state index contributed by atoms with van der Waals surface area (Å²) in [5.41, 5.74) is 0.609. The van der Waals surface area contributed by atoms with E-state index in [0.717, 1.165) is 19.5 Å². The fourth-order valence-corrected chi connectivity index (χ4v) is 2.22. The molecule has 2 N–H and O–H groups in total. The lowest BCUT2D eigenvalue weighted by atomic mass is 10.2. The average Bonchev–Trinajstić information content (AvgIpc) is 2.28. The van der Waals surface area contributed by atoms with E-state index in [1.165, 1.54) is 0 Å². The molecule has 1 aromatic rings. The number of nitrogens with one attached hydrogen (secondary N) is 2. The van der Waals surface area contributed by atoms with Crippen LogP contribution in [0.3, 0.4) is 0 Å². The summed E-state index contributed by atoms with van der Waals surface area (Å²) >= 11 is 9.14. The molecule has 1 rings (SSSR count). The SMILES string of the molecule is CCNCCCNC(=O)c1ccc(Cl)cc1Br. The Morgan fingerprint density at radius 1 is 1.41 bits per heavy atom. The molecule has 0 saturated carbocycles. The molecule has 0 saturated heterocycles. The Kier molecular flexibility index (Phi) is 6.55. The van der Waals surface area contributed by atoms with Crippen LogP contribution in [0.15, 0.2) is 22.7 Å². The van der Waals surface area contributed by atoms with Crippen LogP contribution in [0.2, 0.25) is 5.02 Å². The van der Waals surface area contributed by atoms with Gasteiger partial charge in [0.2, 0.25) is 0 Å². The number of amides is 1. The zero-order valence-electron chi connectivity index (χ0n) is 9.72. The molecular formula is C12H16BrClN2O. The zero-order valence-corrected chi connectivity index (χ0v) is 12.1. The van der Waals surface area contributed by atoms with E-state index in [2.05, 4.69) is 33.5 Å². The summed E-state index contributed by atoms with van der Waals surface area (Å²) in [5, 5.41) is 6.68. The van der Waals surface area contributed by atoms with Crippen molar-refractivity contribution < 1.29 is 4.79 Å². The predicted molar refractivity (Wildman–Crippen MR) is 74.6 cm³/mol. The van der Waals surface area contributed by atoms with Crippen LogP contribution in [0.25, 0.3) is 0 Å². The van der Waals surface area contributed by atoms with Gasteiger partial charge in [-0.1, -0.05) is 18.5 Å². The molecule has 1 aromatic carbocycles. The first-order chi connectivity index (χ1) is 8.15. The summed E-state index contributed by atoms with van der Waals surface area (Å²) in [7, 11) is 0. The minimum Gasteiger partial charge on any atom is -0.352 e. The van der Waals surface area contributed by atoms with Gasteiger partial charge in [-0.2, -0.15) is 0 Å². The molecule has 0 bridgehead atoms. The fraction of sp³-hybridized carbons (Fsp3) is 0.417. The number of benzene rings is 1. The molecule has 1 amide bonds. The number of halogens is 2. The molecule has 0 aliphatic rings. The molecule has 0 atom stereocenters. The number of hydrogen-bond donors (Lipinski definition) is 2. The summed E-state index contributed by atoms with van der Waals surface area (Å²) in [6.07, 6.45) is 0.921. The lowest BCUT2D eigenvalue weighted by Crippen LogP contribution is -2.27. The Morgan fingerprint density at radius 2 is 2.18 bits per heavy atom. The van der Waals surface area contributed by atoms with Crippen LogP contribution in [0.5, 0.6) is 0 Å². The lowest BCUT2D eigenvalue weighted by molar-refractivity contribution is 0.0952. The van der Waals surface area contributed by atoms with Gasteiger partial charge in [-0.3, -0.25) is 4.79 Å². The number of carbonyl (C=O) groups is 1. The Balaban J connectivity index is 2.42. The molecule has 94 valence electrons. The van der Waals surface area contributed by atoms with Gasteiger partial charge in [-0.25, -0.2) is 0 Å². The third kappa shape index (κ3) is 5.06. The second-order valence-corrected chi connectivity index (χ2v) is 4.88. The first-order valence-corrected chi connectivity index (χ1v) is 6.76. The van der Waals surface area contributed by atoms with Gasteiger partial charge >= 0.3 is 0 Å². The molecule has 0 fully saturated rings. The van der Waals surface area contributed by atoms with Crippen molar-refractivity contribution >= 4 is 33.4 Å². The van der Waals surface area contributed by atoms with Crippen LogP contribution in [0, 0.1) is 0 Å². The maximum Gasteiger partial charge on any atom is 0.252 e. The normalized spacial score (nSPS) is 10.3. The molecule has 0 radical (unpaired) electrons. The van der Waals surface area contributed by atoms with Gasteiger partial charge in [-0.05, 0) is 53.6 Å². The van der Waals surface area contributed by atoms with E-state index >= 15 is 0 Å². The first kappa shape index (κ1) is 14.5. The first-order valence-electron chi connectivity index (χ1n) is 5.59. The Hall–Kier alpha value is -0.580. The molecule has 0 aromatic heterocycles. The molecule has 5 heteroatoms. The van der Waals surface area contributed by atoms with Gasteiger partial charge in [0, 0.05) is 16.0 Å². The van der Waals surface area contributed by atoms with Gasteiger partial charge in [0.15, 0.2) is 0 Å². The van der Waals surface area contributed by atoms with Gasteiger partial charge < -0.3 is 10.6 Å². The Morgan fingerprint density at radius 3 is 2.82 bits per heavy atom. The zero-order chi connectivity index (χ0) is 12.7. The summed E-state index contributed by atoms with van der Waals surface area (Å²) in [4.78, 5) is 11.8. The van der Waals surface area contributed by atoms with E-state index in [1.54, 1.807) is 18.2 Å². The highest BCUT2D eigenvalue weighted by Gasteiger charge is 2.09. The average molecular weight is 320 g/mol. The topological polar surface area (TPSA) is 41.1 Å². The van der Waals surface area contributed by atoms with Crippen molar-refractivity contribution in [1.82, 2.24) is 10.6 Å². The van der Waals surface area contributed by atoms with Gasteiger partial charge in [-0.15, -0.1) is 0 Å². The third-order valence-electron chi connectivity index (χ3n) is 2.24. The smallest absolute Gasteiger partial charge is 0.252 e. The fourth-order valence-electron chi connectivity index (χ4n) is 1.36. The van der Waals surface area contributed by atoms with Gasteiger partial charge in [0.25, 0.3) is 5.91 Å². The summed E-state index contributed by atoms with van der Waals surface area (Å²) in [5.74, 6) is -0.0787. The van der Waals surface area contributed by atoms with Crippen LogP contribution in [-0.4, -0.2) is 25.5 Å². The van der Waals surface area contributed by atoms with Crippen LogP contribution >= 0.6 is 27.5 Å². The van der Waals surface area contributed by atoms with E-state index in [9.17, 15) is 4.79 Å². The molecule has 3 nitrogen and oxygen atoms in total. The summed E-state index contributed by atoms with van der Waals surface area (Å²) < 4.78 is 0.717. The van der Waals surface area contributed by atoms with E-state index in [1.807, 2.05) is 0 Å². The third-order valence-corrected chi connectivity index (χ3v) is 3.13. The second kappa shape index (κ2) is 7.69. The maximum atomic E-state index is 11.8. The molecule has 0 unspecified atom stereocenters. The minimum atomic E-state index is -0.0787. The molecule has 0 spiro atoms. The van der Waals surface area contributed by atoms with E-state index < -0.39 is 0 Å². The molecule has 17 heavy (non-hydrogen) atoms. The van der Waals surface area contributed by atoms with Crippen molar-refractivity contribution in [3.8, 4) is 0 Å². The molecule has 0 aliphatic carbocycles. The van der Waals surface area contributed by atoms with Crippen LogP contribution in [0.4, 0.5) is 0 Å². The van der Waals surface area contributed by atoms with E-state index in [0.29, 0.717) is 21.6 Å². The van der Waals surface area contributed by atoms with Crippen molar-refractivity contribution in [2.75, 3.05) is 19.6 Å². The minimum absolute atomic E-state index is 0.0787. The van der Waals surface area contributed by atoms with Crippen molar-refractivity contribution in [2.24, 2.45) is 0 Å². The maximum absolute atomic E-state index is 11.8. The number of rotatable bonds is 6. The van der Waals surface area contributed by atoms with Crippen molar-refractivity contribution in [3.63, 3.8) is 0 Å². The second-order valence-electron chi connectivity index (χ2n) is 3.59. The van der Waals surface area contributed by atoms with E-state index in [-0.39, 0.29) is 5.91 Å². The monoisotopic (exact) mass is 318 g/mol. The largest absolute Gasteiger partial charge is 0.352 e. The van der Waals surface area contributed by atoms with Crippen molar-refractivity contribution in [3.05, 3.63) is 33.3 Å². The van der Waals surface area contributed by atoms with Crippen molar-refractivity contribution in [2.45, 2.75) is 13.3 Å². The Labute approximate surface area is 115 Å². The number of hydrogen-bond acceptors (Lipinski definition) is 2. The van der Waals surface area contributed by atoms with Gasteiger partial charge in [0.05, 0.1) is 5.56 Å². The molecule has 0 aliphatic heterocycles. The van der Waals surface area contributed by atoms with Gasteiger partial charge in [0.1, 0.15) is 0 Å². The molecular weight excluding hydrogens is 304 g/mol.